The third-order valence-electron chi connectivity index (χ3n) is 3.72. The second-order valence-corrected chi connectivity index (χ2v) is 6.89. The molecular formula is C15H18ClN3O4. The summed E-state index contributed by atoms with van der Waals surface area (Å²) >= 11 is 5.97. The molecule has 1 heterocycles. The van der Waals surface area contributed by atoms with E-state index in [0.29, 0.717) is 6.54 Å². The number of halogens is 1. The van der Waals surface area contributed by atoms with E-state index in [2.05, 4.69) is 5.32 Å². The highest BCUT2D eigenvalue weighted by atomic mass is 35.5. The molecule has 1 aromatic rings. The number of rotatable bonds is 3. The van der Waals surface area contributed by atoms with Gasteiger partial charge in [-0.25, -0.2) is 0 Å². The molecule has 0 saturated carbocycles. The predicted molar refractivity (Wildman–Crippen MR) is 86.3 cm³/mol. The summed E-state index contributed by atoms with van der Waals surface area (Å²) in [6.45, 7) is 6.04. The van der Waals surface area contributed by atoms with E-state index in [0.717, 1.165) is 0 Å². The van der Waals surface area contributed by atoms with Crippen LogP contribution in [-0.2, 0) is 9.59 Å². The Morgan fingerprint density at radius 3 is 2.61 bits per heavy atom. The molecule has 0 radical (unpaired) electrons. The van der Waals surface area contributed by atoms with Crippen molar-refractivity contribution in [1.29, 1.82) is 0 Å². The van der Waals surface area contributed by atoms with Gasteiger partial charge in [-0.05, 0) is 26.8 Å². The standard InChI is InChI=1S/C15H18ClN3O4/c1-15(2,3)18-8-9(6-13(18)20)14(21)17-12-7-10(19(22)23)4-5-11(12)16/h4-5,7,9H,6,8H2,1-3H3,(H,17,21). The molecule has 0 bridgehead atoms. The number of carbonyl (C=O) groups is 2. The molecule has 0 spiro atoms. The number of anilines is 1. The maximum Gasteiger partial charge on any atom is 0.271 e. The molecule has 124 valence electrons. The van der Waals surface area contributed by atoms with Gasteiger partial charge in [-0.2, -0.15) is 0 Å². The average Bonchev–Trinajstić information content (AvgIpc) is 2.83. The summed E-state index contributed by atoms with van der Waals surface area (Å²) in [5, 5.41) is 13.6. The Kier molecular flexibility index (Phi) is 4.61. The zero-order valence-electron chi connectivity index (χ0n) is 13.1. The fourth-order valence-electron chi connectivity index (χ4n) is 2.49. The number of benzene rings is 1. The topological polar surface area (TPSA) is 92.6 Å². The van der Waals surface area contributed by atoms with Crippen LogP contribution in [0.25, 0.3) is 0 Å². The maximum atomic E-state index is 12.3. The molecule has 2 amide bonds. The zero-order valence-corrected chi connectivity index (χ0v) is 13.9. The van der Waals surface area contributed by atoms with Crippen molar-refractivity contribution in [3.63, 3.8) is 0 Å². The first-order valence-corrected chi connectivity index (χ1v) is 7.52. The molecular weight excluding hydrogens is 322 g/mol. The third-order valence-corrected chi connectivity index (χ3v) is 4.05. The number of non-ortho nitro benzene ring substituents is 1. The van der Waals surface area contributed by atoms with Gasteiger partial charge < -0.3 is 10.2 Å². The minimum Gasteiger partial charge on any atom is -0.337 e. The van der Waals surface area contributed by atoms with Crippen molar-refractivity contribution >= 4 is 34.8 Å². The molecule has 2 rings (SSSR count). The van der Waals surface area contributed by atoms with Gasteiger partial charge in [-0.1, -0.05) is 11.6 Å². The van der Waals surface area contributed by atoms with Gasteiger partial charge in [0.25, 0.3) is 5.69 Å². The summed E-state index contributed by atoms with van der Waals surface area (Å²) in [6, 6.07) is 3.83. The quantitative estimate of drug-likeness (QED) is 0.677. The molecule has 0 aromatic heterocycles. The molecule has 1 fully saturated rings. The van der Waals surface area contributed by atoms with E-state index in [-0.39, 0.29) is 40.2 Å². The van der Waals surface area contributed by atoms with E-state index in [1.165, 1.54) is 18.2 Å². The Balaban J connectivity index is 2.13. The van der Waals surface area contributed by atoms with Gasteiger partial charge >= 0.3 is 0 Å². The first-order chi connectivity index (χ1) is 10.6. The summed E-state index contributed by atoms with van der Waals surface area (Å²) in [5.74, 6) is -0.952. The fraction of sp³-hybridized carbons (Fsp3) is 0.467. The van der Waals surface area contributed by atoms with Crippen LogP contribution in [0.15, 0.2) is 18.2 Å². The monoisotopic (exact) mass is 339 g/mol. The number of hydrogen-bond donors (Lipinski definition) is 1. The summed E-state index contributed by atoms with van der Waals surface area (Å²) in [6.07, 6.45) is 0.121. The highest BCUT2D eigenvalue weighted by molar-refractivity contribution is 6.33. The van der Waals surface area contributed by atoms with E-state index in [1.54, 1.807) is 4.90 Å². The van der Waals surface area contributed by atoms with Crippen molar-refractivity contribution in [3.8, 4) is 0 Å². The van der Waals surface area contributed by atoms with E-state index >= 15 is 0 Å². The van der Waals surface area contributed by atoms with Gasteiger partial charge in [0, 0.05) is 30.6 Å². The van der Waals surface area contributed by atoms with Crippen LogP contribution < -0.4 is 5.32 Å². The van der Waals surface area contributed by atoms with E-state index in [9.17, 15) is 19.7 Å². The Hall–Kier alpha value is -2.15. The molecule has 23 heavy (non-hydrogen) atoms. The number of carbonyl (C=O) groups excluding carboxylic acids is 2. The molecule has 1 atom stereocenters. The normalized spacial score (nSPS) is 18.2. The lowest BCUT2D eigenvalue weighted by Gasteiger charge is -2.31. The molecule has 8 heteroatoms. The van der Waals surface area contributed by atoms with Crippen molar-refractivity contribution < 1.29 is 14.5 Å². The second-order valence-electron chi connectivity index (χ2n) is 6.49. The smallest absolute Gasteiger partial charge is 0.271 e. The average molecular weight is 340 g/mol. The number of nitrogens with one attached hydrogen (secondary N) is 1. The summed E-state index contributed by atoms with van der Waals surface area (Å²) in [5.41, 5.74) is -0.342. The Labute approximate surface area is 138 Å². The van der Waals surface area contributed by atoms with Crippen molar-refractivity contribution in [3.05, 3.63) is 33.3 Å². The molecule has 1 aliphatic rings. The molecule has 1 unspecified atom stereocenters. The Morgan fingerprint density at radius 2 is 2.09 bits per heavy atom. The van der Waals surface area contributed by atoms with E-state index in [4.69, 9.17) is 11.6 Å². The lowest BCUT2D eigenvalue weighted by molar-refractivity contribution is -0.384. The SMILES string of the molecule is CC(C)(C)N1CC(C(=O)Nc2cc([N+](=O)[O-])ccc2Cl)CC1=O. The number of amides is 2. The molecule has 0 aliphatic carbocycles. The second kappa shape index (κ2) is 6.16. The molecule has 1 saturated heterocycles. The number of nitro groups is 1. The number of nitrogens with zero attached hydrogens (tertiary/aromatic N) is 2. The van der Waals surface area contributed by atoms with Gasteiger partial charge in [0.15, 0.2) is 0 Å². The maximum absolute atomic E-state index is 12.3. The number of likely N-dealkylation sites (tertiary alicyclic amines) is 1. The minimum absolute atomic E-state index is 0.0808. The highest BCUT2D eigenvalue weighted by Crippen LogP contribution is 2.30. The largest absolute Gasteiger partial charge is 0.337 e. The molecule has 1 aromatic carbocycles. The number of hydrogen-bond acceptors (Lipinski definition) is 4. The highest BCUT2D eigenvalue weighted by Gasteiger charge is 2.39. The van der Waals surface area contributed by atoms with Crippen molar-refractivity contribution in [2.75, 3.05) is 11.9 Å². The molecule has 1 aliphatic heterocycles. The predicted octanol–water partition coefficient (Wildman–Crippen LogP) is 2.83. The first-order valence-electron chi connectivity index (χ1n) is 7.15. The zero-order chi connectivity index (χ0) is 17.4. The number of nitro benzene ring substituents is 1. The van der Waals surface area contributed by atoms with E-state index < -0.39 is 10.8 Å². The first kappa shape index (κ1) is 17.2. The lowest BCUT2D eigenvalue weighted by atomic mass is 10.1. The lowest BCUT2D eigenvalue weighted by Crippen LogP contribution is -2.42. The van der Waals surface area contributed by atoms with Crippen LogP contribution in [0.5, 0.6) is 0 Å². The summed E-state index contributed by atoms with van der Waals surface area (Å²) in [7, 11) is 0. The van der Waals surface area contributed by atoms with Gasteiger partial charge in [-0.15, -0.1) is 0 Å². The summed E-state index contributed by atoms with van der Waals surface area (Å²) in [4.78, 5) is 36.3. The Morgan fingerprint density at radius 1 is 1.43 bits per heavy atom. The summed E-state index contributed by atoms with van der Waals surface area (Å²) < 4.78 is 0. The van der Waals surface area contributed by atoms with Crippen LogP contribution >= 0.6 is 11.6 Å². The van der Waals surface area contributed by atoms with Crippen LogP contribution in [0.4, 0.5) is 11.4 Å². The van der Waals surface area contributed by atoms with Gasteiger partial charge in [0.2, 0.25) is 11.8 Å². The minimum atomic E-state index is -0.563. The molecule has 7 nitrogen and oxygen atoms in total. The Bertz CT molecular complexity index is 669. The van der Waals surface area contributed by atoms with Gasteiger partial charge in [0.05, 0.1) is 21.6 Å². The van der Waals surface area contributed by atoms with Crippen LogP contribution in [0.3, 0.4) is 0 Å². The van der Waals surface area contributed by atoms with Crippen LogP contribution in [-0.4, -0.2) is 33.7 Å². The van der Waals surface area contributed by atoms with Gasteiger partial charge in [0.1, 0.15) is 0 Å². The fourth-order valence-corrected chi connectivity index (χ4v) is 2.65. The van der Waals surface area contributed by atoms with Crippen LogP contribution in [0.1, 0.15) is 27.2 Å². The van der Waals surface area contributed by atoms with Gasteiger partial charge in [-0.3, -0.25) is 19.7 Å². The third kappa shape index (κ3) is 3.79. The van der Waals surface area contributed by atoms with Crippen molar-refractivity contribution in [2.24, 2.45) is 5.92 Å². The van der Waals surface area contributed by atoms with Crippen LogP contribution in [0, 0.1) is 16.0 Å². The van der Waals surface area contributed by atoms with Crippen LogP contribution in [0.2, 0.25) is 5.02 Å². The van der Waals surface area contributed by atoms with Crippen molar-refractivity contribution in [2.45, 2.75) is 32.7 Å². The molecule has 1 N–H and O–H groups in total. The van der Waals surface area contributed by atoms with E-state index in [1.807, 2.05) is 20.8 Å². The van der Waals surface area contributed by atoms with Crippen molar-refractivity contribution in [1.82, 2.24) is 4.90 Å².